The summed E-state index contributed by atoms with van der Waals surface area (Å²) in [6.07, 6.45) is 0. The highest BCUT2D eigenvalue weighted by Gasteiger charge is 2.11. The number of rotatable bonds is 2. The lowest BCUT2D eigenvalue weighted by Gasteiger charge is -2.08. The molecule has 5 nitrogen and oxygen atoms in total. The molecule has 82 valence electrons. The van der Waals surface area contributed by atoms with Gasteiger partial charge in [-0.1, -0.05) is 0 Å². The normalized spacial score (nSPS) is 9.60. The van der Waals surface area contributed by atoms with E-state index in [1.54, 1.807) is 5.43 Å². The van der Waals surface area contributed by atoms with Gasteiger partial charge in [0.05, 0.1) is 12.8 Å². The molecule has 0 aliphatic rings. The Labute approximate surface area is 84.2 Å². The minimum Gasteiger partial charge on any atom is -0.494 e. The zero-order chi connectivity index (χ0) is 11.4. The number of carbonyl (C=O) groups is 1. The number of carbonyl (C=O) groups excluding carboxylic acids is 1. The molecule has 0 spiro atoms. The van der Waals surface area contributed by atoms with E-state index in [1.165, 1.54) is 7.11 Å². The molecule has 0 saturated heterocycles. The number of hydrazine groups is 1. The van der Waals surface area contributed by atoms with Crippen LogP contribution in [0.25, 0.3) is 0 Å². The van der Waals surface area contributed by atoms with E-state index in [2.05, 4.69) is 10.1 Å². The van der Waals surface area contributed by atoms with Gasteiger partial charge in [0.15, 0.2) is 11.6 Å². The molecule has 0 bridgehead atoms. The maximum atomic E-state index is 13.1. The van der Waals surface area contributed by atoms with Gasteiger partial charge in [-0.3, -0.25) is 5.43 Å². The molecule has 1 aromatic rings. The smallest absolute Gasteiger partial charge is 0.333 e. The molecule has 1 rings (SSSR count). The third kappa shape index (κ3) is 2.53. The van der Waals surface area contributed by atoms with Crippen molar-refractivity contribution in [2.75, 3.05) is 12.4 Å². The van der Waals surface area contributed by atoms with E-state index in [0.29, 0.717) is 6.07 Å². The quantitative estimate of drug-likeness (QED) is 0.392. The third-order valence-corrected chi connectivity index (χ3v) is 1.62. The predicted molar refractivity (Wildman–Crippen MR) is 49.3 cm³/mol. The Morgan fingerprint density at radius 3 is 2.60 bits per heavy atom. The summed E-state index contributed by atoms with van der Waals surface area (Å²) < 4.78 is 30.6. The lowest BCUT2D eigenvalue weighted by Crippen LogP contribution is -2.34. The molecule has 0 atom stereocenters. The second kappa shape index (κ2) is 4.56. The number of hydrogen-bond donors (Lipinski definition) is 3. The number of nitrogens with two attached hydrogens (primary N) is 1. The number of urea groups is 1. The number of amides is 2. The first-order chi connectivity index (χ1) is 7.08. The van der Waals surface area contributed by atoms with Crippen molar-refractivity contribution in [3.05, 3.63) is 23.8 Å². The first kappa shape index (κ1) is 11.2. The van der Waals surface area contributed by atoms with Crippen molar-refractivity contribution in [3.63, 3.8) is 0 Å². The molecule has 7 heteroatoms. The molecular weight excluding hydrogens is 208 g/mol. The summed E-state index contributed by atoms with van der Waals surface area (Å²) in [4.78, 5) is 10.8. The van der Waals surface area contributed by atoms with Gasteiger partial charge >= 0.3 is 6.03 Å². The van der Waals surface area contributed by atoms with Crippen molar-refractivity contribution >= 4 is 11.7 Å². The summed E-state index contributed by atoms with van der Waals surface area (Å²) in [7, 11) is 1.23. The maximum Gasteiger partial charge on any atom is 0.333 e. The van der Waals surface area contributed by atoms with Gasteiger partial charge in [0, 0.05) is 12.1 Å². The van der Waals surface area contributed by atoms with Gasteiger partial charge in [0.25, 0.3) is 0 Å². The van der Waals surface area contributed by atoms with Crippen LogP contribution in [0.5, 0.6) is 5.75 Å². The van der Waals surface area contributed by atoms with E-state index in [0.717, 1.165) is 6.07 Å². The van der Waals surface area contributed by atoms with Gasteiger partial charge in [-0.2, -0.15) is 0 Å². The molecule has 1 aromatic carbocycles. The second-order valence-electron chi connectivity index (χ2n) is 2.57. The molecule has 0 fully saturated rings. The van der Waals surface area contributed by atoms with Gasteiger partial charge in [-0.25, -0.2) is 19.4 Å². The standard InChI is InChI=1S/C8H9F2N3O2/c1-15-7-3-6(12-8(14)13-11)4(9)2-5(7)10/h2-3H,11H2,1H3,(H2,12,13,14). The highest BCUT2D eigenvalue weighted by atomic mass is 19.1. The second-order valence-corrected chi connectivity index (χ2v) is 2.57. The van der Waals surface area contributed by atoms with Crippen LogP contribution in [0.2, 0.25) is 0 Å². The van der Waals surface area contributed by atoms with Crippen LogP contribution < -0.4 is 21.3 Å². The average Bonchev–Trinajstić information content (AvgIpc) is 2.21. The summed E-state index contributed by atoms with van der Waals surface area (Å²) >= 11 is 0. The fourth-order valence-electron chi connectivity index (χ4n) is 0.940. The van der Waals surface area contributed by atoms with Crippen LogP contribution >= 0.6 is 0 Å². The predicted octanol–water partition coefficient (Wildman–Crippen LogP) is 0.969. The van der Waals surface area contributed by atoms with E-state index in [4.69, 9.17) is 5.84 Å². The minimum absolute atomic E-state index is 0.177. The molecule has 0 radical (unpaired) electrons. The number of halogens is 2. The van der Waals surface area contributed by atoms with Crippen LogP contribution in [0.4, 0.5) is 19.3 Å². The van der Waals surface area contributed by atoms with Crippen LogP contribution in [0.1, 0.15) is 0 Å². The molecule has 0 heterocycles. The van der Waals surface area contributed by atoms with Crippen molar-refractivity contribution in [2.24, 2.45) is 5.84 Å². The van der Waals surface area contributed by atoms with Crippen molar-refractivity contribution < 1.29 is 18.3 Å². The Balaban J connectivity index is 3.02. The number of methoxy groups -OCH3 is 1. The molecule has 0 saturated carbocycles. The highest BCUT2D eigenvalue weighted by Crippen LogP contribution is 2.24. The van der Waals surface area contributed by atoms with Crippen molar-refractivity contribution in [2.45, 2.75) is 0 Å². The van der Waals surface area contributed by atoms with Crippen LogP contribution in [-0.4, -0.2) is 13.1 Å². The minimum atomic E-state index is -0.920. The van der Waals surface area contributed by atoms with Gasteiger partial charge < -0.3 is 10.1 Å². The summed E-state index contributed by atoms with van der Waals surface area (Å²) in [6, 6.07) is 0.799. The van der Waals surface area contributed by atoms with Crippen molar-refractivity contribution in [1.29, 1.82) is 0 Å². The molecular formula is C8H9F2N3O2. The fraction of sp³-hybridized carbons (Fsp3) is 0.125. The maximum absolute atomic E-state index is 13.1. The van der Waals surface area contributed by atoms with E-state index in [-0.39, 0.29) is 11.4 Å². The summed E-state index contributed by atoms with van der Waals surface area (Å²) in [6.45, 7) is 0. The summed E-state index contributed by atoms with van der Waals surface area (Å²) in [5, 5.41) is 2.07. The average molecular weight is 217 g/mol. The Morgan fingerprint density at radius 1 is 1.40 bits per heavy atom. The van der Waals surface area contributed by atoms with Crippen molar-refractivity contribution in [1.82, 2.24) is 5.43 Å². The first-order valence-corrected chi connectivity index (χ1v) is 3.89. The molecule has 15 heavy (non-hydrogen) atoms. The van der Waals surface area contributed by atoms with E-state index in [9.17, 15) is 13.6 Å². The van der Waals surface area contributed by atoms with Crippen LogP contribution in [0, 0.1) is 11.6 Å². The zero-order valence-corrected chi connectivity index (χ0v) is 7.80. The van der Waals surface area contributed by atoms with Gasteiger partial charge in [0.2, 0.25) is 0 Å². The van der Waals surface area contributed by atoms with Gasteiger partial charge in [-0.05, 0) is 0 Å². The summed E-state index contributed by atoms with van der Waals surface area (Å²) in [5.41, 5.74) is 1.52. The first-order valence-electron chi connectivity index (χ1n) is 3.89. The number of anilines is 1. The lowest BCUT2D eigenvalue weighted by molar-refractivity contribution is 0.252. The van der Waals surface area contributed by atoms with E-state index in [1.807, 2.05) is 0 Å². The van der Waals surface area contributed by atoms with Gasteiger partial charge in [-0.15, -0.1) is 0 Å². The monoisotopic (exact) mass is 217 g/mol. The molecule has 0 unspecified atom stereocenters. The number of ether oxygens (including phenoxy) is 1. The SMILES string of the molecule is COc1cc(NC(=O)NN)c(F)cc1F. The molecule has 2 amide bonds. The number of benzene rings is 1. The Morgan fingerprint density at radius 2 is 2.07 bits per heavy atom. The third-order valence-electron chi connectivity index (χ3n) is 1.62. The highest BCUT2D eigenvalue weighted by molar-refractivity contribution is 5.89. The molecule has 0 aliphatic carbocycles. The largest absolute Gasteiger partial charge is 0.494 e. The topological polar surface area (TPSA) is 76.4 Å². The molecule has 4 N–H and O–H groups in total. The Bertz CT molecular complexity index is 384. The number of nitrogens with one attached hydrogen (secondary N) is 2. The fourth-order valence-corrected chi connectivity index (χ4v) is 0.940. The van der Waals surface area contributed by atoms with Crippen LogP contribution in [0.3, 0.4) is 0 Å². The Hall–Kier alpha value is -1.89. The van der Waals surface area contributed by atoms with Crippen molar-refractivity contribution in [3.8, 4) is 5.75 Å². The lowest BCUT2D eigenvalue weighted by atomic mass is 10.2. The zero-order valence-electron chi connectivity index (χ0n) is 7.80. The summed E-state index contributed by atoms with van der Waals surface area (Å²) in [5.74, 6) is 2.83. The van der Waals surface area contributed by atoms with Crippen LogP contribution in [0.15, 0.2) is 12.1 Å². The number of hydrogen-bond acceptors (Lipinski definition) is 3. The molecule has 0 aliphatic heterocycles. The Kier molecular flexibility index (Phi) is 3.40. The van der Waals surface area contributed by atoms with E-state index < -0.39 is 17.7 Å². The van der Waals surface area contributed by atoms with E-state index >= 15 is 0 Å². The van der Waals surface area contributed by atoms with Gasteiger partial charge in [0.1, 0.15) is 5.82 Å². The molecule has 0 aromatic heterocycles. The van der Waals surface area contributed by atoms with Crippen LogP contribution in [-0.2, 0) is 0 Å².